The highest BCUT2D eigenvalue weighted by Gasteiger charge is 2.12. The lowest BCUT2D eigenvalue weighted by Crippen LogP contribution is -2.19. The molecule has 1 rings (SSSR count). The summed E-state index contributed by atoms with van der Waals surface area (Å²) in [5.74, 6) is -1.99. The van der Waals surface area contributed by atoms with E-state index in [0.717, 1.165) is 12.1 Å². The van der Waals surface area contributed by atoms with Crippen LogP contribution in [0, 0.1) is 11.6 Å². The summed E-state index contributed by atoms with van der Waals surface area (Å²) in [6, 6.07) is 3.69. The van der Waals surface area contributed by atoms with E-state index in [4.69, 9.17) is 0 Å². The lowest BCUT2D eigenvalue weighted by atomic mass is 9.97. The zero-order chi connectivity index (χ0) is 11.4. The second-order valence-electron chi connectivity index (χ2n) is 3.45. The molecule has 1 aromatic carbocycles. The van der Waals surface area contributed by atoms with Crippen LogP contribution < -0.4 is 5.32 Å². The topological polar surface area (TPSA) is 29.1 Å². The second-order valence-corrected chi connectivity index (χ2v) is 3.45. The highest BCUT2D eigenvalue weighted by molar-refractivity contribution is 5.76. The molecule has 0 bridgehead atoms. The Bertz CT molecular complexity index is 366. The van der Waals surface area contributed by atoms with Crippen LogP contribution in [0.4, 0.5) is 8.78 Å². The van der Waals surface area contributed by atoms with Gasteiger partial charge >= 0.3 is 0 Å². The van der Waals surface area contributed by atoms with E-state index in [9.17, 15) is 13.6 Å². The monoisotopic (exact) mass is 213 g/mol. The van der Waals surface area contributed by atoms with Crippen molar-refractivity contribution >= 4 is 5.91 Å². The van der Waals surface area contributed by atoms with E-state index in [1.807, 2.05) is 0 Å². The second kappa shape index (κ2) is 4.87. The van der Waals surface area contributed by atoms with Crippen molar-refractivity contribution in [1.29, 1.82) is 0 Å². The molecule has 15 heavy (non-hydrogen) atoms. The van der Waals surface area contributed by atoms with Crippen LogP contribution in [-0.4, -0.2) is 13.0 Å². The van der Waals surface area contributed by atoms with E-state index in [1.165, 1.54) is 6.07 Å². The molecule has 0 saturated carbocycles. The lowest BCUT2D eigenvalue weighted by molar-refractivity contribution is -0.120. The van der Waals surface area contributed by atoms with E-state index >= 15 is 0 Å². The summed E-state index contributed by atoms with van der Waals surface area (Å²) in [4.78, 5) is 11.1. The maximum absolute atomic E-state index is 12.9. The first-order valence-corrected chi connectivity index (χ1v) is 4.70. The third kappa shape index (κ3) is 3.01. The normalized spacial score (nSPS) is 12.3. The first-order valence-electron chi connectivity index (χ1n) is 4.70. The van der Waals surface area contributed by atoms with E-state index in [2.05, 4.69) is 5.32 Å². The standard InChI is InChI=1S/C11H13F2NO/c1-7(5-11(15)14-2)8-3-4-9(12)10(13)6-8/h3-4,6-7H,5H2,1-2H3,(H,14,15). The molecule has 4 heteroatoms. The van der Waals surface area contributed by atoms with Crippen molar-refractivity contribution in [2.45, 2.75) is 19.3 Å². The zero-order valence-corrected chi connectivity index (χ0v) is 8.68. The molecule has 1 amide bonds. The van der Waals surface area contributed by atoms with Gasteiger partial charge in [-0.1, -0.05) is 13.0 Å². The van der Waals surface area contributed by atoms with Crippen molar-refractivity contribution in [1.82, 2.24) is 5.32 Å². The third-order valence-corrected chi connectivity index (χ3v) is 2.28. The number of rotatable bonds is 3. The molecule has 1 N–H and O–H groups in total. The number of carbonyl (C=O) groups is 1. The number of benzene rings is 1. The molecule has 0 heterocycles. The smallest absolute Gasteiger partial charge is 0.220 e. The van der Waals surface area contributed by atoms with Crippen LogP contribution in [0.5, 0.6) is 0 Å². The molecule has 82 valence electrons. The van der Waals surface area contributed by atoms with Crippen LogP contribution in [0.25, 0.3) is 0 Å². The van der Waals surface area contributed by atoms with E-state index < -0.39 is 11.6 Å². The maximum Gasteiger partial charge on any atom is 0.220 e. The predicted molar refractivity (Wildman–Crippen MR) is 53.5 cm³/mol. The van der Waals surface area contributed by atoms with Crippen molar-refractivity contribution in [3.63, 3.8) is 0 Å². The molecule has 0 aliphatic heterocycles. The van der Waals surface area contributed by atoms with Crippen LogP contribution in [0.15, 0.2) is 18.2 Å². The van der Waals surface area contributed by atoms with Gasteiger partial charge in [0.05, 0.1) is 0 Å². The minimum Gasteiger partial charge on any atom is -0.359 e. The van der Waals surface area contributed by atoms with Crippen LogP contribution in [0.2, 0.25) is 0 Å². The average molecular weight is 213 g/mol. The summed E-state index contributed by atoms with van der Waals surface area (Å²) >= 11 is 0. The Morgan fingerprint density at radius 2 is 2.07 bits per heavy atom. The Morgan fingerprint density at radius 1 is 1.40 bits per heavy atom. The van der Waals surface area contributed by atoms with Crippen molar-refractivity contribution in [2.75, 3.05) is 7.05 Å². The lowest BCUT2D eigenvalue weighted by Gasteiger charge is -2.10. The Kier molecular flexibility index (Phi) is 3.77. The Labute approximate surface area is 87.3 Å². The van der Waals surface area contributed by atoms with Gasteiger partial charge in [0.1, 0.15) is 0 Å². The quantitative estimate of drug-likeness (QED) is 0.819. The first-order chi connectivity index (χ1) is 7.04. The molecule has 0 aliphatic rings. The number of carbonyl (C=O) groups excluding carboxylic acids is 1. The highest BCUT2D eigenvalue weighted by Crippen LogP contribution is 2.20. The molecule has 0 aromatic heterocycles. The van der Waals surface area contributed by atoms with Gasteiger partial charge in [-0.25, -0.2) is 8.78 Å². The molecule has 1 atom stereocenters. The fourth-order valence-electron chi connectivity index (χ4n) is 1.32. The van der Waals surface area contributed by atoms with Crippen LogP contribution in [-0.2, 0) is 4.79 Å². The molecule has 0 radical (unpaired) electrons. The number of amides is 1. The molecule has 0 aliphatic carbocycles. The summed E-state index contributed by atoms with van der Waals surface area (Å²) < 4.78 is 25.5. The zero-order valence-electron chi connectivity index (χ0n) is 8.68. The maximum atomic E-state index is 12.9. The van der Waals surface area contributed by atoms with Gasteiger partial charge in [0.2, 0.25) is 5.91 Å². The largest absolute Gasteiger partial charge is 0.359 e. The van der Waals surface area contributed by atoms with E-state index in [0.29, 0.717) is 5.56 Å². The van der Waals surface area contributed by atoms with Gasteiger partial charge in [0.15, 0.2) is 11.6 Å². The van der Waals surface area contributed by atoms with Gasteiger partial charge in [0.25, 0.3) is 0 Å². The van der Waals surface area contributed by atoms with E-state index in [1.54, 1.807) is 14.0 Å². The van der Waals surface area contributed by atoms with Gasteiger partial charge in [-0.05, 0) is 23.6 Å². The predicted octanol–water partition coefficient (Wildman–Crippen LogP) is 2.20. The highest BCUT2D eigenvalue weighted by atomic mass is 19.2. The molecule has 1 unspecified atom stereocenters. The molecule has 1 aromatic rings. The summed E-state index contributed by atoms with van der Waals surface area (Å²) in [6.45, 7) is 1.79. The average Bonchev–Trinajstić information content (AvgIpc) is 2.21. The number of nitrogens with one attached hydrogen (secondary N) is 1. The number of hydrogen-bond donors (Lipinski definition) is 1. The molecule has 0 fully saturated rings. The van der Waals surface area contributed by atoms with Crippen LogP contribution in [0.1, 0.15) is 24.8 Å². The summed E-state index contributed by atoms with van der Waals surface area (Å²) in [5.41, 5.74) is 0.623. The Hall–Kier alpha value is -1.45. The van der Waals surface area contributed by atoms with Crippen LogP contribution >= 0.6 is 0 Å². The molecule has 0 saturated heterocycles. The van der Waals surface area contributed by atoms with Gasteiger partial charge in [-0.2, -0.15) is 0 Å². The SMILES string of the molecule is CNC(=O)CC(C)c1ccc(F)c(F)c1. The Balaban J connectivity index is 2.78. The summed E-state index contributed by atoms with van der Waals surface area (Å²) in [5, 5.41) is 2.48. The summed E-state index contributed by atoms with van der Waals surface area (Å²) in [7, 11) is 1.54. The molecular weight excluding hydrogens is 200 g/mol. The Morgan fingerprint density at radius 3 is 2.60 bits per heavy atom. The van der Waals surface area contributed by atoms with Crippen molar-refractivity contribution in [3.05, 3.63) is 35.4 Å². The fraction of sp³-hybridized carbons (Fsp3) is 0.364. The third-order valence-electron chi connectivity index (χ3n) is 2.28. The number of halogens is 2. The van der Waals surface area contributed by atoms with E-state index in [-0.39, 0.29) is 18.2 Å². The minimum atomic E-state index is -0.878. The van der Waals surface area contributed by atoms with Crippen molar-refractivity contribution < 1.29 is 13.6 Å². The van der Waals surface area contributed by atoms with Gasteiger partial charge in [0, 0.05) is 13.5 Å². The molecule has 0 spiro atoms. The molecule has 2 nitrogen and oxygen atoms in total. The number of hydrogen-bond acceptors (Lipinski definition) is 1. The minimum absolute atomic E-state index is 0.118. The summed E-state index contributed by atoms with van der Waals surface area (Å²) in [6.07, 6.45) is 0.265. The van der Waals surface area contributed by atoms with Gasteiger partial charge < -0.3 is 5.32 Å². The first kappa shape index (κ1) is 11.6. The van der Waals surface area contributed by atoms with Crippen molar-refractivity contribution in [3.8, 4) is 0 Å². The fourth-order valence-corrected chi connectivity index (χ4v) is 1.32. The van der Waals surface area contributed by atoms with Gasteiger partial charge in [-0.3, -0.25) is 4.79 Å². The van der Waals surface area contributed by atoms with Crippen molar-refractivity contribution in [2.24, 2.45) is 0 Å². The van der Waals surface area contributed by atoms with Crippen LogP contribution in [0.3, 0.4) is 0 Å². The molecular formula is C11H13F2NO. The van der Waals surface area contributed by atoms with Gasteiger partial charge in [-0.15, -0.1) is 0 Å².